The molecule has 1 aromatic carbocycles. The first kappa shape index (κ1) is 16.4. The predicted molar refractivity (Wildman–Crippen MR) is 90.6 cm³/mol. The van der Waals surface area contributed by atoms with Crippen LogP contribution in [0.15, 0.2) is 24.3 Å². The van der Waals surface area contributed by atoms with Gasteiger partial charge in [-0.25, -0.2) is 0 Å². The van der Waals surface area contributed by atoms with E-state index in [4.69, 9.17) is 4.74 Å². The van der Waals surface area contributed by atoms with Crippen LogP contribution < -0.4 is 5.32 Å². The third-order valence-electron chi connectivity index (χ3n) is 5.35. The van der Waals surface area contributed by atoms with E-state index in [9.17, 15) is 0 Å². The molecule has 2 rings (SSSR count). The molecule has 0 aromatic heterocycles. The summed E-state index contributed by atoms with van der Waals surface area (Å²) < 4.78 is 5.21. The Balaban J connectivity index is 1.87. The minimum Gasteiger partial charge on any atom is -0.382 e. The Bertz CT molecular complexity index is 433. The Morgan fingerprint density at radius 2 is 1.90 bits per heavy atom. The summed E-state index contributed by atoms with van der Waals surface area (Å²) in [7, 11) is 1.75. The topological polar surface area (TPSA) is 21.3 Å². The Labute approximate surface area is 130 Å². The van der Waals surface area contributed by atoms with E-state index in [2.05, 4.69) is 50.4 Å². The molecule has 0 atom stereocenters. The van der Waals surface area contributed by atoms with Crippen LogP contribution >= 0.6 is 0 Å². The fourth-order valence-electron chi connectivity index (χ4n) is 3.46. The van der Waals surface area contributed by atoms with Crippen LogP contribution in [0, 0.1) is 11.3 Å². The molecule has 0 saturated heterocycles. The Morgan fingerprint density at radius 1 is 1.19 bits per heavy atom. The van der Waals surface area contributed by atoms with Gasteiger partial charge in [0.15, 0.2) is 0 Å². The summed E-state index contributed by atoms with van der Waals surface area (Å²) in [5, 5.41) is 3.71. The van der Waals surface area contributed by atoms with Gasteiger partial charge in [0.2, 0.25) is 0 Å². The number of methoxy groups -OCH3 is 1. The van der Waals surface area contributed by atoms with E-state index in [1.165, 1.54) is 43.4 Å². The van der Waals surface area contributed by atoms with Crippen LogP contribution in [0.1, 0.15) is 58.4 Å². The number of benzene rings is 1. The fraction of sp³-hybridized carbons (Fsp3) is 0.684. The van der Waals surface area contributed by atoms with E-state index in [1.54, 1.807) is 7.11 Å². The number of rotatable bonds is 6. The Kier molecular flexibility index (Phi) is 5.69. The van der Waals surface area contributed by atoms with E-state index >= 15 is 0 Å². The molecule has 1 aliphatic rings. The Hall–Kier alpha value is -1.02. The van der Waals surface area contributed by atoms with Crippen molar-refractivity contribution in [1.82, 2.24) is 0 Å². The first-order chi connectivity index (χ1) is 10.0. The molecule has 1 aliphatic carbocycles. The molecule has 2 heteroatoms. The monoisotopic (exact) mass is 289 g/mol. The lowest BCUT2D eigenvalue weighted by Crippen LogP contribution is -2.32. The highest BCUT2D eigenvalue weighted by molar-refractivity contribution is 5.46. The number of hydrogen-bond donors (Lipinski definition) is 1. The van der Waals surface area contributed by atoms with Crippen molar-refractivity contribution in [2.24, 2.45) is 11.3 Å². The fourth-order valence-corrected chi connectivity index (χ4v) is 3.46. The van der Waals surface area contributed by atoms with Crippen LogP contribution in [0.3, 0.4) is 0 Å². The molecule has 0 heterocycles. The van der Waals surface area contributed by atoms with Gasteiger partial charge in [-0.2, -0.15) is 0 Å². The lowest BCUT2D eigenvalue weighted by Gasteiger charge is -2.39. The largest absolute Gasteiger partial charge is 0.382 e. The van der Waals surface area contributed by atoms with Gasteiger partial charge in [0, 0.05) is 18.8 Å². The zero-order valence-electron chi connectivity index (χ0n) is 14.1. The zero-order valence-corrected chi connectivity index (χ0v) is 14.1. The van der Waals surface area contributed by atoms with Gasteiger partial charge in [0.05, 0.1) is 6.61 Å². The van der Waals surface area contributed by atoms with Gasteiger partial charge < -0.3 is 10.1 Å². The summed E-state index contributed by atoms with van der Waals surface area (Å²) in [6.45, 7) is 7.87. The van der Waals surface area contributed by atoms with E-state index in [1.807, 2.05) is 0 Å². The predicted octanol–water partition coefficient (Wildman–Crippen LogP) is 5.24. The molecule has 118 valence electrons. The van der Waals surface area contributed by atoms with E-state index in [-0.39, 0.29) is 0 Å². The van der Waals surface area contributed by atoms with Crippen molar-refractivity contribution in [2.75, 3.05) is 12.4 Å². The third-order valence-corrected chi connectivity index (χ3v) is 5.35. The van der Waals surface area contributed by atoms with E-state index < -0.39 is 0 Å². The van der Waals surface area contributed by atoms with E-state index in [0.29, 0.717) is 18.1 Å². The average molecular weight is 289 g/mol. The van der Waals surface area contributed by atoms with Crippen molar-refractivity contribution in [3.8, 4) is 0 Å². The summed E-state index contributed by atoms with van der Waals surface area (Å²) in [5.41, 5.74) is 2.98. The summed E-state index contributed by atoms with van der Waals surface area (Å²) in [4.78, 5) is 0. The van der Waals surface area contributed by atoms with Crippen LogP contribution in [0.4, 0.5) is 5.69 Å². The molecule has 0 radical (unpaired) electrons. The molecule has 0 unspecified atom stereocenters. The van der Waals surface area contributed by atoms with Crippen molar-refractivity contribution in [2.45, 2.75) is 65.5 Å². The highest BCUT2D eigenvalue weighted by atomic mass is 16.5. The maximum Gasteiger partial charge on any atom is 0.0713 e. The SMILES string of the molecule is CCC(C)(C)C1CCC(Nc2cccc(COC)c2)CC1. The van der Waals surface area contributed by atoms with Crippen LogP contribution in [-0.2, 0) is 11.3 Å². The number of ether oxygens (including phenoxy) is 1. The van der Waals surface area contributed by atoms with Crippen LogP contribution in [0.5, 0.6) is 0 Å². The quantitative estimate of drug-likeness (QED) is 0.773. The second-order valence-electron chi connectivity index (χ2n) is 7.17. The highest BCUT2D eigenvalue weighted by Crippen LogP contribution is 2.40. The van der Waals surface area contributed by atoms with Gasteiger partial charge >= 0.3 is 0 Å². The first-order valence-electron chi connectivity index (χ1n) is 8.39. The normalized spacial score (nSPS) is 23.0. The van der Waals surface area contributed by atoms with Gasteiger partial charge in [-0.15, -0.1) is 0 Å². The Morgan fingerprint density at radius 3 is 2.52 bits per heavy atom. The molecule has 0 bridgehead atoms. The van der Waals surface area contributed by atoms with Gasteiger partial charge in [-0.05, 0) is 54.7 Å². The number of anilines is 1. The molecule has 21 heavy (non-hydrogen) atoms. The summed E-state index contributed by atoms with van der Waals surface area (Å²) in [6, 6.07) is 9.25. The van der Waals surface area contributed by atoms with Crippen molar-refractivity contribution >= 4 is 5.69 Å². The molecule has 1 saturated carbocycles. The molecule has 1 fully saturated rings. The first-order valence-corrected chi connectivity index (χ1v) is 8.39. The molecule has 1 aromatic rings. The lowest BCUT2D eigenvalue weighted by molar-refractivity contribution is 0.147. The van der Waals surface area contributed by atoms with Gasteiger partial charge in [-0.1, -0.05) is 39.3 Å². The molecular weight excluding hydrogens is 258 g/mol. The number of hydrogen-bond acceptors (Lipinski definition) is 2. The van der Waals surface area contributed by atoms with E-state index in [0.717, 1.165) is 5.92 Å². The van der Waals surface area contributed by atoms with Crippen molar-refractivity contribution in [1.29, 1.82) is 0 Å². The molecule has 0 aliphatic heterocycles. The second-order valence-corrected chi connectivity index (χ2v) is 7.17. The summed E-state index contributed by atoms with van der Waals surface area (Å²) >= 11 is 0. The average Bonchev–Trinajstić information content (AvgIpc) is 2.48. The van der Waals surface area contributed by atoms with Gasteiger partial charge in [0.25, 0.3) is 0 Å². The van der Waals surface area contributed by atoms with Gasteiger partial charge in [0.1, 0.15) is 0 Å². The third kappa shape index (κ3) is 4.47. The van der Waals surface area contributed by atoms with Crippen molar-refractivity contribution in [3.05, 3.63) is 29.8 Å². The molecule has 2 nitrogen and oxygen atoms in total. The minimum absolute atomic E-state index is 0.503. The number of nitrogens with one attached hydrogen (secondary N) is 1. The van der Waals surface area contributed by atoms with Crippen LogP contribution in [0.2, 0.25) is 0 Å². The highest BCUT2D eigenvalue weighted by Gasteiger charge is 2.31. The van der Waals surface area contributed by atoms with Crippen LogP contribution in [0.25, 0.3) is 0 Å². The zero-order chi connectivity index (χ0) is 15.3. The molecule has 0 amide bonds. The maximum atomic E-state index is 5.21. The van der Waals surface area contributed by atoms with Crippen LogP contribution in [-0.4, -0.2) is 13.2 Å². The van der Waals surface area contributed by atoms with Gasteiger partial charge in [-0.3, -0.25) is 0 Å². The summed E-state index contributed by atoms with van der Waals surface area (Å²) in [6.07, 6.45) is 6.59. The maximum absolute atomic E-state index is 5.21. The lowest BCUT2D eigenvalue weighted by atomic mass is 9.69. The molecule has 1 N–H and O–H groups in total. The smallest absolute Gasteiger partial charge is 0.0713 e. The molecular formula is C19H31NO. The standard InChI is InChI=1S/C19H31NO/c1-5-19(2,3)16-9-11-17(12-10-16)20-18-8-6-7-15(13-18)14-21-4/h6-8,13,16-17,20H,5,9-12,14H2,1-4H3. The van der Waals surface area contributed by atoms with Crippen molar-refractivity contribution < 1.29 is 4.74 Å². The minimum atomic E-state index is 0.503. The second kappa shape index (κ2) is 7.31. The van der Waals surface area contributed by atoms with Crippen molar-refractivity contribution in [3.63, 3.8) is 0 Å². The molecule has 0 spiro atoms. The summed E-state index contributed by atoms with van der Waals surface area (Å²) in [5.74, 6) is 0.889.